The molecular weight excluding hydrogens is 437 g/mol. The molecule has 1 fully saturated rings. The molecule has 1 saturated heterocycles. The van der Waals surface area contributed by atoms with E-state index in [1.165, 1.54) is 17.0 Å². The molecule has 1 unspecified atom stereocenters. The van der Waals surface area contributed by atoms with E-state index >= 15 is 0 Å². The van der Waals surface area contributed by atoms with Gasteiger partial charge in [-0.05, 0) is 50.1 Å². The molecule has 34 heavy (non-hydrogen) atoms. The van der Waals surface area contributed by atoms with Gasteiger partial charge in [0.15, 0.2) is 0 Å². The minimum absolute atomic E-state index is 0.255. The van der Waals surface area contributed by atoms with E-state index in [1.54, 1.807) is 32.9 Å². The highest BCUT2D eigenvalue weighted by molar-refractivity contribution is 6.07. The first-order chi connectivity index (χ1) is 16.1. The van der Waals surface area contributed by atoms with Gasteiger partial charge in [-0.25, -0.2) is 9.18 Å². The molecule has 0 bridgehead atoms. The lowest BCUT2D eigenvalue weighted by Gasteiger charge is -2.28. The van der Waals surface area contributed by atoms with Crippen LogP contribution in [0.2, 0.25) is 0 Å². The van der Waals surface area contributed by atoms with E-state index < -0.39 is 30.2 Å². The molecule has 0 aliphatic carbocycles. The summed E-state index contributed by atoms with van der Waals surface area (Å²) in [6, 6.07) is 13.2. The van der Waals surface area contributed by atoms with Gasteiger partial charge in [0.1, 0.15) is 24.0 Å². The number of aromatic nitrogens is 1. The van der Waals surface area contributed by atoms with Crippen LogP contribution in [0.4, 0.5) is 9.18 Å². The molecule has 3 aromatic rings. The third-order valence-corrected chi connectivity index (χ3v) is 6.28. The van der Waals surface area contributed by atoms with E-state index in [-0.39, 0.29) is 18.3 Å². The number of nitrogens with zero attached hydrogens (tertiary/aromatic N) is 3. The van der Waals surface area contributed by atoms with Gasteiger partial charge >= 0.3 is 12.0 Å². The predicted octanol–water partition coefficient (Wildman–Crippen LogP) is 3.86. The van der Waals surface area contributed by atoms with E-state index in [1.807, 2.05) is 24.3 Å². The number of halogens is 1. The van der Waals surface area contributed by atoms with Gasteiger partial charge in [0.2, 0.25) is 0 Å². The first kappa shape index (κ1) is 22.1. The summed E-state index contributed by atoms with van der Waals surface area (Å²) in [5.74, 6) is -1.29. The summed E-state index contributed by atoms with van der Waals surface area (Å²) in [5, 5.41) is 1.03. The molecule has 8 heteroatoms. The van der Waals surface area contributed by atoms with E-state index in [0.29, 0.717) is 13.0 Å². The van der Waals surface area contributed by atoms with Crippen molar-refractivity contribution >= 4 is 28.8 Å². The Balaban J connectivity index is 1.47. The molecule has 2 aliphatic heterocycles. The summed E-state index contributed by atoms with van der Waals surface area (Å²) >= 11 is 0. The summed E-state index contributed by atoms with van der Waals surface area (Å²) in [4.78, 5) is 41.1. The van der Waals surface area contributed by atoms with E-state index in [0.717, 1.165) is 32.6 Å². The minimum atomic E-state index is -0.705. The van der Waals surface area contributed by atoms with Gasteiger partial charge in [0.25, 0.3) is 5.91 Å². The van der Waals surface area contributed by atoms with Crippen molar-refractivity contribution in [2.75, 3.05) is 6.54 Å². The van der Waals surface area contributed by atoms with Crippen molar-refractivity contribution in [3.63, 3.8) is 0 Å². The average Bonchev–Trinajstić information content (AvgIpc) is 3.20. The molecule has 0 saturated carbocycles. The highest BCUT2D eigenvalue weighted by Gasteiger charge is 2.49. The zero-order valence-corrected chi connectivity index (χ0v) is 19.4. The van der Waals surface area contributed by atoms with E-state index in [2.05, 4.69) is 4.57 Å². The van der Waals surface area contributed by atoms with Crippen molar-refractivity contribution in [1.82, 2.24) is 14.4 Å². The number of urea groups is 1. The number of rotatable bonds is 4. The topological polar surface area (TPSA) is 71.8 Å². The molecule has 0 N–H and O–H groups in total. The Bertz CT molecular complexity index is 1310. The molecule has 2 aromatic carbocycles. The molecule has 1 atom stereocenters. The fourth-order valence-corrected chi connectivity index (χ4v) is 4.86. The van der Waals surface area contributed by atoms with Crippen molar-refractivity contribution < 1.29 is 23.5 Å². The van der Waals surface area contributed by atoms with Crippen molar-refractivity contribution in [2.24, 2.45) is 0 Å². The molecule has 3 heterocycles. The summed E-state index contributed by atoms with van der Waals surface area (Å²) in [6.07, 6.45) is 0.377. The number of para-hydroxylation sites is 1. The van der Waals surface area contributed by atoms with Gasteiger partial charge in [-0.3, -0.25) is 14.5 Å². The molecule has 1 aromatic heterocycles. The Morgan fingerprint density at radius 3 is 2.50 bits per heavy atom. The Morgan fingerprint density at radius 1 is 1.09 bits per heavy atom. The van der Waals surface area contributed by atoms with Crippen LogP contribution in [0.3, 0.4) is 0 Å². The average molecular weight is 464 g/mol. The van der Waals surface area contributed by atoms with Gasteiger partial charge in [-0.2, -0.15) is 0 Å². The van der Waals surface area contributed by atoms with Crippen molar-refractivity contribution in [2.45, 2.75) is 51.9 Å². The fraction of sp³-hybridized carbons (Fsp3) is 0.346. The minimum Gasteiger partial charge on any atom is -0.459 e. The third kappa shape index (κ3) is 3.83. The van der Waals surface area contributed by atoms with Crippen molar-refractivity contribution in [1.29, 1.82) is 0 Å². The second-order valence-corrected chi connectivity index (χ2v) is 9.80. The van der Waals surface area contributed by atoms with Crippen LogP contribution in [-0.2, 0) is 33.8 Å². The lowest BCUT2D eigenvalue weighted by Crippen LogP contribution is -2.40. The van der Waals surface area contributed by atoms with Crippen molar-refractivity contribution in [3.8, 4) is 0 Å². The number of carbonyl (C=O) groups is 3. The molecule has 0 spiro atoms. The SMILES string of the molecule is CC(C)(C)OC(=O)CN1C(=O)C2Cc3c(n(Cc4ccc(F)cc4)c4ccccc34)CN2C1=O. The van der Waals surface area contributed by atoms with Crippen LogP contribution < -0.4 is 0 Å². The number of ether oxygens (including phenoxy) is 1. The van der Waals surface area contributed by atoms with Crippen molar-refractivity contribution in [3.05, 3.63) is 71.2 Å². The number of hydrogen-bond acceptors (Lipinski definition) is 4. The summed E-state index contributed by atoms with van der Waals surface area (Å²) in [5.41, 5.74) is 3.20. The Hall–Kier alpha value is -3.68. The number of hydrogen-bond donors (Lipinski definition) is 0. The number of esters is 1. The normalized spacial score (nSPS) is 17.8. The Kier molecular flexibility index (Phi) is 5.19. The number of benzene rings is 2. The molecule has 176 valence electrons. The summed E-state index contributed by atoms with van der Waals surface area (Å²) < 4.78 is 20.9. The highest BCUT2D eigenvalue weighted by Crippen LogP contribution is 2.36. The van der Waals surface area contributed by atoms with Crippen LogP contribution in [0.1, 0.15) is 37.6 Å². The number of carbonyl (C=O) groups excluding carboxylic acids is 3. The van der Waals surface area contributed by atoms with Gasteiger partial charge < -0.3 is 14.2 Å². The molecule has 7 nitrogen and oxygen atoms in total. The monoisotopic (exact) mass is 463 g/mol. The molecular formula is C26H26FN3O4. The fourth-order valence-electron chi connectivity index (χ4n) is 4.86. The van der Waals surface area contributed by atoms with E-state index in [9.17, 15) is 18.8 Å². The number of imide groups is 1. The van der Waals surface area contributed by atoms with Crippen LogP contribution in [0.15, 0.2) is 48.5 Å². The van der Waals surface area contributed by atoms with Crippen LogP contribution >= 0.6 is 0 Å². The largest absolute Gasteiger partial charge is 0.459 e. The molecule has 2 aliphatic rings. The Morgan fingerprint density at radius 2 is 1.79 bits per heavy atom. The predicted molar refractivity (Wildman–Crippen MR) is 123 cm³/mol. The van der Waals surface area contributed by atoms with Crippen LogP contribution in [0.5, 0.6) is 0 Å². The van der Waals surface area contributed by atoms with Gasteiger partial charge in [0, 0.05) is 29.6 Å². The summed E-state index contributed by atoms with van der Waals surface area (Å²) in [7, 11) is 0. The third-order valence-electron chi connectivity index (χ3n) is 6.28. The zero-order valence-electron chi connectivity index (χ0n) is 19.4. The molecule has 5 rings (SSSR count). The maximum Gasteiger partial charge on any atom is 0.328 e. The van der Waals surface area contributed by atoms with E-state index in [4.69, 9.17) is 4.74 Å². The first-order valence-electron chi connectivity index (χ1n) is 11.3. The highest BCUT2D eigenvalue weighted by atomic mass is 19.1. The van der Waals surface area contributed by atoms with Gasteiger partial charge in [-0.1, -0.05) is 30.3 Å². The van der Waals surface area contributed by atoms with Crippen LogP contribution in [-0.4, -0.2) is 50.5 Å². The maximum absolute atomic E-state index is 13.4. The molecule has 0 radical (unpaired) electrons. The smallest absolute Gasteiger partial charge is 0.328 e. The van der Waals surface area contributed by atoms with Crippen LogP contribution in [0.25, 0.3) is 10.9 Å². The van der Waals surface area contributed by atoms with Gasteiger partial charge in [-0.15, -0.1) is 0 Å². The summed E-state index contributed by atoms with van der Waals surface area (Å²) in [6.45, 7) is 5.59. The maximum atomic E-state index is 13.4. The lowest BCUT2D eigenvalue weighted by molar-refractivity contribution is -0.157. The number of fused-ring (bicyclic) bond motifs is 4. The van der Waals surface area contributed by atoms with Crippen LogP contribution in [0, 0.1) is 5.82 Å². The van der Waals surface area contributed by atoms with Gasteiger partial charge in [0.05, 0.1) is 6.54 Å². The quantitative estimate of drug-likeness (QED) is 0.435. The second kappa shape index (κ2) is 7.97. The zero-order chi connectivity index (χ0) is 24.2. The molecule has 3 amide bonds. The lowest BCUT2D eigenvalue weighted by atomic mass is 9.97. The standard InChI is InChI=1S/C26H26FN3O4/c1-26(2,3)34-23(31)15-30-24(32)21-12-19-18-6-4-5-7-20(18)28(22(19)14-29(21)25(30)33)13-16-8-10-17(27)11-9-16/h4-11,21H,12-15H2,1-3H3. The first-order valence-corrected chi connectivity index (χ1v) is 11.3. The second-order valence-electron chi connectivity index (χ2n) is 9.80. The Labute approximate surface area is 196 Å². The number of amides is 3.